The Kier molecular flexibility index (Phi) is 5.43. The summed E-state index contributed by atoms with van der Waals surface area (Å²) in [7, 11) is 0. The molecule has 2 atom stereocenters. The van der Waals surface area contributed by atoms with E-state index in [4.69, 9.17) is 4.74 Å². The summed E-state index contributed by atoms with van der Waals surface area (Å²) >= 11 is 0. The van der Waals surface area contributed by atoms with Gasteiger partial charge in [-0.05, 0) is 37.6 Å². The Hall–Kier alpha value is -2.84. The van der Waals surface area contributed by atoms with Gasteiger partial charge in [-0.25, -0.2) is 0 Å². The molecule has 5 rings (SSSR count). The first-order valence-corrected chi connectivity index (χ1v) is 10.8. The van der Waals surface area contributed by atoms with Crippen molar-refractivity contribution in [3.63, 3.8) is 0 Å². The fourth-order valence-electron chi connectivity index (χ4n) is 4.69. The average Bonchev–Trinajstić information content (AvgIpc) is 3.36. The Bertz CT molecular complexity index is 1130. The molecule has 0 radical (unpaired) electrons. The lowest BCUT2D eigenvalue weighted by atomic mass is 10.1. The molecule has 2 N–H and O–H groups in total. The second kappa shape index (κ2) is 8.26. The highest BCUT2D eigenvalue weighted by Crippen LogP contribution is 2.36. The third-order valence-electron chi connectivity index (χ3n) is 6.17. The summed E-state index contributed by atoms with van der Waals surface area (Å²) < 4.78 is 46.5. The molecule has 2 aromatic carbocycles. The SMILES string of the molecule is Cc1cc(Nc2cc(OCCN3CC4CC3CN4)cc(C(F)(F)F)c2)c2ccccc2n1. The first-order chi connectivity index (χ1) is 15.3. The highest BCUT2D eigenvalue weighted by atomic mass is 19.4. The van der Waals surface area contributed by atoms with Crippen molar-refractivity contribution in [1.82, 2.24) is 15.2 Å². The number of anilines is 2. The van der Waals surface area contributed by atoms with Crippen LogP contribution in [0.1, 0.15) is 17.7 Å². The first-order valence-electron chi connectivity index (χ1n) is 10.8. The van der Waals surface area contributed by atoms with E-state index in [1.54, 1.807) is 6.07 Å². The Morgan fingerprint density at radius 1 is 1.19 bits per heavy atom. The molecule has 2 bridgehead atoms. The zero-order chi connectivity index (χ0) is 22.3. The van der Waals surface area contributed by atoms with Gasteiger partial charge in [0.1, 0.15) is 12.4 Å². The van der Waals surface area contributed by atoms with E-state index in [2.05, 4.69) is 20.5 Å². The zero-order valence-corrected chi connectivity index (χ0v) is 17.7. The lowest BCUT2D eigenvalue weighted by molar-refractivity contribution is -0.137. The molecule has 8 heteroatoms. The second-order valence-corrected chi connectivity index (χ2v) is 8.54. The molecular formula is C24H25F3N4O. The number of nitrogens with one attached hydrogen (secondary N) is 2. The van der Waals surface area contributed by atoms with Crippen LogP contribution in [0.5, 0.6) is 5.75 Å². The van der Waals surface area contributed by atoms with E-state index in [1.165, 1.54) is 0 Å². The minimum absolute atomic E-state index is 0.208. The molecule has 2 fully saturated rings. The van der Waals surface area contributed by atoms with Crippen molar-refractivity contribution in [2.24, 2.45) is 0 Å². The number of para-hydroxylation sites is 1. The molecule has 0 amide bonds. The number of benzene rings is 2. The number of aryl methyl sites for hydroxylation is 1. The van der Waals surface area contributed by atoms with E-state index in [9.17, 15) is 13.2 Å². The number of nitrogens with zero attached hydrogens (tertiary/aromatic N) is 2. The van der Waals surface area contributed by atoms with Gasteiger partial charge in [0, 0.05) is 60.2 Å². The number of alkyl halides is 3. The minimum atomic E-state index is -4.47. The monoisotopic (exact) mass is 442 g/mol. The highest BCUT2D eigenvalue weighted by Gasteiger charge is 2.37. The maximum atomic E-state index is 13.6. The van der Waals surface area contributed by atoms with Gasteiger partial charge in [-0.15, -0.1) is 0 Å². The molecule has 3 heterocycles. The zero-order valence-electron chi connectivity index (χ0n) is 17.7. The fourth-order valence-corrected chi connectivity index (χ4v) is 4.69. The van der Waals surface area contributed by atoms with E-state index in [1.807, 2.05) is 37.3 Å². The van der Waals surface area contributed by atoms with Crippen LogP contribution in [0.3, 0.4) is 0 Å². The molecule has 5 nitrogen and oxygen atoms in total. The van der Waals surface area contributed by atoms with Crippen molar-refractivity contribution in [2.45, 2.75) is 31.6 Å². The van der Waals surface area contributed by atoms with Crippen LogP contribution in [0.2, 0.25) is 0 Å². The van der Waals surface area contributed by atoms with E-state index < -0.39 is 11.7 Å². The summed E-state index contributed by atoms with van der Waals surface area (Å²) in [5, 5.41) is 7.44. The molecule has 168 valence electrons. The van der Waals surface area contributed by atoms with Crippen molar-refractivity contribution in [3.05, 3.63) is 59.8 Å². The number of rotatable bonds is 6. The Morgan fingerprint density at radius 2 is 2.03 bits per heavy atom. The summed E-state index contributed by atoms with van der Waals surface area (Å²) in [6, 6.07) is 14.2. The second-order valence-electron chi connectivity index (χ2n) is 8.54. The largest absolute Gasteiger partial charge is 0.492 e. The van der Waals surface area contributed by atoms with Crippen LogP contribution in [-0.4, -0.2) is 48.2 Å². The third kappa shape index (κ3) is 4.38. The summed E-state index contributed by atoms with van der Waals surface area (Å²) in [5.74, 6) is 0.208. The topological polar surface area (TPSA) is 49.4 Å². The van der Waals surface area contributed by atoms with Gasteiger partial charge in [-0.3, -0.25) is 9.88 Å². The predicted octanol–water partition coefficient (Wildman–Crippen LogP) is 4.73. The maximum absolute atomic E-state index is 13.6. The molecule has 0 aliphatic carbocycles. The molecule has 2 aliphatic heterocycles. The fraction of sp³-hybridized carbons (Fsp3) is 0.375. The average molecular weight is 442 g/mol. The summed E-state index contributed by atoms with van der Waals surface area (Å²) in [5.41, 5.74) is 1.86. The van der Waals surface area contributed by atoms with E-state index >= 15 is 0 Å². The predicted molar refractivity (Wildman–Crippen MR) is 118 cm³/mol. The van der Waals surface area contributed by atoms with E-state index in [0.717, 1.165) is 48.2 Å². The maximum Gasteiger partial charge on any atom is 0.416 e. The smallest absolute Gasteiger partial charge is 0.416 e. The van der Waals surface area contributed by atoms with E-state index in [-0.39, 0.29) is 5.75 Å². The van der Waals surface area contributed by atoms with Gasteiger partial charge in [-0.1, -0.05) is 18.2 Å². The third-order valence-corrected chi connectivity index (χ3v) is 6.17. The van der Waals surface area contributed by atoms with Gasteiger partial charge < -0.3 is 15.4 Å². The van der Waals surface area contributed by atoms with Gasteiger partial charge in [0.25, 0.3) is 0 Å². The molecule has 0 saturated carbocycles. The molecular weight excluding hydrogens is 417 g/mol. The van der Waals surface area contributed by atoms with Crippen LogP contribution in [0.15, 0.2) is 48.5 Å². The Labute approximate surface area is 184 Å². The molecule has 2 unspecified atom stereocenters. The number of aromatic nitrogens is 1. The van der Waals surface area contributed by atoms with Gasteiger partial charge in [0.05, 0.1) is 11.1 Å². The number of pyridine rings is 1. The minimum Gasteiger partial charge on any atom is -0.492 e. The summed E-state index contributed by atoms with van der Waals surface area (Å²) in [4.78, 5) is 6.84. The van der Waals surface area contributed by atoms with Crippen LogP contribution in [0.25, 0.3) is 10.9 Å². The quantitative estimate of drug-likeness (QED) is 0.578. The Morgan fingerprint density at radius 3 is 2.78 bits per heavy atom. The van der Waals surface area contributed by atoms with Crippen molar-refractivity contribution >= 4 is 22.3 Å². The molecule has 3 aromatic rings. The van der Waals surface area contributed by atoms with Gasteiger partial charge in [0.15, 0.2) is 0 Å². The lowest BCUT2D eigenvalue weighted by Gasteiger charge is -2.27. The van der Waals surface area contributed by atoms with Crippen molar-refractivity contribution < 1.29 is 17.9 Å². The number of hydrogen-bond donors (Lipinski definition) is 2. The molecule has 0 spiro atoms. The Balaban J connectivity index is 1.37. The summed E-state index contributed by atoms with van der Waals surface area (Å²) in [6.45, 7) is 4.86. The van der Waals surface area contributed by atoms with Gasteiger partial charge in [0.2, 0.25) is 0 Å². The van der Waals surface area contributed by atoms with Crippen LogP contribution >= 0.6 is 0 Å². The standard InChI is InChI=1S/C24H25F3N4O/c1-15-8-23(21-4-2-3-5-22(21)29-15)30-17-9-16(24(25,26)27)10-20(12-17)32-7-6-31-14-18-11-19(31)13-28-18/h2-5,8-10,12,18-19,28H,6-7,11,13-14H2,1H3,(H,29,30). The summed E-state index contributed by atoms with van der Waals surface area (Å²) in [6.07, 6.45) is -3.33. The number of piperazine rings is 1. The number of halogens is 3. The molecule has 32 heavy (non-hydrogen) atoms. The molecule has 2 aliphatic rings. The number of ether oxygens (including phenoxy) is 1. The van der Waals surface area contributed by atoms with Crippen LogP contribution in [0, 0.1) is 6.92 Å². The first kappa shape index (κ1) is 21.0. The molecule has 1 aromatic heterocycles. The van der Waals surface area contributed by atoms with Crippen molar-refractivity contribution in [1.29, 1.82) is 0 Å². The number of hydrogen-bond acceptors (Lipinski definition) is 5. The van der Waals surface area contributed by atoms with Crippen LogP contribution in [-0.2, 0) is 6.18 Å². The van der Waals surface area contributed by atoms with E-state index in [0.29, 0.717) is 36.6 Å². The van der Waals surface area contributed by atoms with Gasteiger partial charge in [-0.2, -0.15) is 13.2 Å². The lowest BCUT2D eigenvalue weighted by Crippen LogP contribution is -2.45. The normalized spacial score (nSPS) is 20.8. The molecule has 2 saturated heterocycles. The number of fused-ring (bicyclic) bond motifs is 3. The number of likely N-dealkylation sites (tertiary alicyclic amines) is 1. The van der Waals surface area contributed by atoms with Crippen molar-refractivity contribution in [2.75, 3.05) is 31.6 Å². The van der Waals surface area contributed by atoms with Crippen molar-refractivity contribution in [3.8, 4) is 5.75 Å². The van der Waals surface area contributed by atoms with Gasteiger partial charge >= 0.3 is 6.18 Å². The highest BCUT2D eigenvalue weighted by molar-refractivity contribution is 5.93. The van der Waals surface area contributed by atoms with Crippen LogP contribution in [0.4, 0.5) is 24.5 Å². The van der Waals surface area contributed by atoms with Crippen LogP contribution < -0.4 is 15.4 Å².